The molecule has 0 aromatic carbocycles. The highest BCUT2D eigenvalue weighted by Gasteiger charge is 2.19. The number of aliphatic carboxylic acids is 1. The number of nitrogens with one attached hydrogen (secondary N) is 1. The van der Waals surface area contributed by atoms with Crippen molar-refractivity contribution in [1.29, 1.82) is 0 Å². The fraction of sp³-hybridized carbons (Fsp3) is 0.857. The van der Waals surface area contributed by atoms with E-state index in [9.17, 15) is 9.59 Å². The molecule has 6 heteroatoms. The van der Waals surface area contributed by atoms with Gasteiger partial charge in [0, 0.05) is 13.0 Å². The normalized spacial score (nSPS) is 19.8. The van der Waals surface area contributed by atoms with Crippen LogP contribution in [0, 0.1) is 0 Å². The van der Waals surface area contributed by atoms with Gasteiger partial charge in [0.2, 0.25) is 5.91 Å². The number of carbonyl (C=O) groups excluding carboxylic acids is 1. The molecular weight excluding hydrogens is 262 g/mol. The van der Waals surface area contributed by atoms with E-state index in [1.165, 1.54) is 0 Å². The average molecular weight is 287 g/mol. The van der Waals surface area contributed by atoms with Gasteiger partial charge in [-0.1, -0.05) is 19.8 Å². The number of amides is 1. The molecule has 0 aromatic heterocycles. The Bertz CT molecular complexity index is 302. The van der Waals surface area contributed by atoms with E-state index in [1.54, 1.807) is 0 Å². The molecule has 0 saturated carbocycles. The van der Waals surface area contributed by atoms with Gasteiger partial charge < -0.3 is 19.9 Å². The number of unbranched alkanes of at least 4 members (excludes halogenated alkanes) is 1. The highest BCUT2D eigenvalue weighted by Crippen LogP contribution is 2.11. The van der Waals surface area contributed by atoms with Gasteiger partial charge in [-0.2, -0.15) is 0 Å². The third kappa shape index (κ3) is 6.86. The maximum atomic E-state index is 11.6. The fourth-order valence-electron chi connectivity index (χ4n) is 2.09. The lowest BCUT2D eigenvalue weighted by atomic mass is 10.1. The molecule has 2 N–H and O–H groups in total. The van der Waals surface area contributed by atoms with E-state index in [1.807, 2.05) is 6.92 Å². The van der Waals surface area contributed by atoms with Crippen molar-refractivity contribution in [3.63, 3.8) is 0 Å². The number of carboxylic acids is 1. The topological polar surface area (TPSA) is 84.9 Å². The highest BCUT2D eigenvalue weighted by molar-refractivity contribution is 5.83. The number of carbonyl (C=O) groups is 2. The van der Waals surface area contributed by atoms with Crippen molar-refractivity contribution in [2.75, 3.05) is 19.8 Å². The standard InChI is InChI=1S/C14H25NO5/c1-2-3-6-12(14(17)18)15-13(16)7-9-19-10-11-5-4-8-20-11/h11-12H,2-10H2,1H3,(H,15,16)(H,17,18)/t11?,12-/m0/s1. The summed E-state index contributed by atoms with van der Waals surface area (Å²) < 4.78 is 10.8. The van der Waals surface area contributed by atoms with Crippen molar-refractivity contribution < 1.29 is 24.2 Å². The molecule has 1 aliphatic heterocycles. The molecule has 1 amide bonds. The van der Waals surface area contributed by atoms with Crippen molar-refractivity contribution in [3.8, 4) is 0 Å². The van der Waals surface area contributed by atoms with Gasteiger partial charge in [0.15, 0.2) is 0 Å². The molecule has 116 valence electrons. The van der Waals surface area contributed by atoms with Crippen molar-refractivity contribution in [3.05, 3.63) is 0 Å². The zero-order valence-corrected chi connectivity index (χ0v) is 12.1. The largest absolute Gasteiger partial charge is 0.480 e. The van der Waals surface area contributed by atoms with Gasteiger partial charge in [0.25, 0.3) is 0 Å². The van der Waals surface area contributed by atoms with Crippen molar-refractivity contribution in [2.24, 2.45) is 0 Å². The van der Waals surface area contributed by atoms with Gasteiger partial charge in [-0.15, -0.1) is 0 Å². The van der Waals surface area contributed by atoms with E-state index in [0.29, 0.717) is 19.6 Å². The van der Waals surface area contributed by atoms with Crippen LogP contribution in [0.4, 0.5) is 0 Å². The molecule has 6 nitrogen and oxygen atoms in total. The van der Waals surface area contributed by atoms with Crippen molar-refractivity contribution >= 4 is 11.9 Å². The zero-order chi connectivity index (χ0) is 14.8. The molecule has 1 aliphatic rings. The van der Waals surface area contributed by atoms with Gasteiger partial charge in [0.1, 0.15) is 6.04 Å². The van der Waals surface area contributed by atoms with E-state index >= 15 is 0 Å². The van der Waals surface area contributed by atoms with Crippen LogP contribution in [0.25, 0.3) is 0 Å². The lowest BCUT2D eigenvalue weighted by molar-refractivity contribution is -0.142. The van der Waals surface area contributed by atoms with Gasteiger partial charge in [-0.05, 0) is 19.3 Å². The molecule has 1 fully saturated rings. The number of ether oxygens (including phenoxy) is 2. The molecule has 1 heterocycles. The molecule has 2 atom stereocenters. The van der Waals surface area contributed by atoms with E-state index in [4.69, 9.17) is 14.6 Å². The van der Waals surface area contributed by atoms with Crippen LogP contribution in [0.2, 0.25) is 0 Å². The predicted octanol–water partition coefficient (Wildman–Crippen LogP) is 1.33. The van der Waals surface area contributed by atoms with E-state index in [2.05, 4.69) is 5.32 Å². The molecule has 0 aliphatic carbocycles. The van der Waals surface area contributed by atoms with E-state index in [-0.39, 0.29) is 18.4 Å². The zero-order valence-electron chi connectivity index (χ0n) is 12.1. The minimum absolute atomic E-state index is 0.148. The third-order valence-corrected chi connectivity index (χ3v) is 3.28. The summed E-state index contributed by atoms with van der Waals surface area (Å²) in [5.41, 5.74) is 0. The number of hydrogen-bond donors (Lipinski definition) is 2. The maximum Gasteiger partial charge on any atom is 0.326 e. The molecule has 20 heavy (non-hydrogen) atoms. The maximum absolute atomic E-state index is 11.6. The van der Waals surface area contributed by atoms with Gasteiger partial charge in [0.05, 0.1) is 19.3 Å². The minimum atomic E-state index is -0.980. The van der Waals surface area contributed by atoms with Crippen LogP contribution < -0.4 is 5.32 Å². The van der Waals surface area contributed by atoms with Crippen molar-refractivity contribution in [2.45, 2.75) is 57.6 Å². The second-order valence-electron chi connectivity index (χ2n) is 5.06. The van der Waals surface area contributed by atoms with Crippen LogP contribution in [-0.4, -0.2) is 48.9 Å². The summed E-state index contributed by atoms with van der Waals surface area (Å²) in [6, 6.07) is -0.791. The van der Waals surface area contributed by atoms with E-state index in [0.717, 1.165) is 32.3 Å². The first-order chi connectivity index (χ1) is 9.63. The second-order valence-corrected chi connectivity index (χ2v) is 5.06. The van der Waals surface area contributed by atoms with Crippen LogP contribution in [0.5, 0.6) is 0 Å². The Balaban J connectivity index is 2.12. The van der Waals surface area contributed by atoms with Crippen molar-refractivity contribution in [1.82, 2.24) is 5.32 Å². The summed E-state index contributed by atoms with van der Waals surface area (Å²) in [6.07, 6.45) is 4.55. The summed E-state index contributed by atoms with van der Waals surface area (Å²) in [7, 11) is 0. The van der Waals surface area contributed by atoms with Crippen LogP contribution in [0.15, 0.2) is 0 Å². The Kier molecular flexibility index (Phi) is 8.22. The van der Waals surface area contributed by atoms with Crippen LogP contribution in [0.3, 0.4) is 0 Å². The second kappa shape index (κ2) is 9.72. The number of rotatable bonds is 10. The average Bonchev–Trinajstić information content (AvgIpc) is 2.92. The SMILES string of the molecule is CCCC[C@H](NC(=O)CCOCC1CCCO1)C(=O)O. The summed E-state index contributed by atoms with van der Waals surface area (Å²) in [5, 5.41) is 11.5. The molecule has 0 bridgehead atoms. The van der Waals surface area contributed by atoms with Gasteiger partial charge >= 0.3 is 5.97 Å². The van der Waals surface area contributed by atoms with Crippen LogP contribution in [0.1, 0.15) is 45.4 Å². The summed E-state index contributed by atoms with van der Waals surface area (Å²) in [5.74, 6) is -1.26. The highest BCUT2D eigenvalue weighted by atomic mass is 16.5. The first-order valence-electron chi connectivity index (χ1n) is 7.35. The Morgan fingerprint density at radius 3 is 2.90 bits per heavy atom. The fourth-order valence-corrected chi connectivity index (χ4v) is 2.09. The Hall–Kier alpha value is -1.14. The predicted molar refractivity (Wildman–Crippen MR) is 73.5 cm³/mol. The molecule has 1 rings (SSSR count). The minimum Gasteiger partial charge on any atom is -0.480 e. The third-order valence-electron chi connectivity index (χ3n) is 3.28. The van der Waals surface area contributed by atoms with Gasteiger partial charge in [-0.25, -0.2) is 4.79 Å². The Labute approximate surface area is 119 Å². The number of carboxylic acid groups (broad SMARTS) is 1. The van der Waals surface area contributed by atoms with Gasteiger partial charge in [-0.3, -0.25) is 4.79 Å². The van der Waals surface area contributed by atoms with Crippen LogP contribution >= 0.6 is 0 Å². The molecule has 1 saturated heterocycles. The molecule has 0 spiro atoms. The molecular formula is C14H25NO5. The summed E-state index contributed by atoms with van der Waals surface area (Å²) in [6.45, 7) is 3.57. The molecule has 0 radical (unpaired) electrons. The lowest BCUT2D eigenvalue weighted by Gasteiger charge is -2.14. The monoisotopic (exact) mass is 287 g/mol. The molecule has 0 aromatic rings. The Morgan fingerprint density at radius 1 is 1.50 bits per heavy atom. The quantitative estimate of drug-likeness (QED) is 0.592. The summed E-state index contributed by atoms with van der Waals surface area (Å²) >= 11 is 0. The Morgan fingerprint density at radius 2 is 2.30 bits per heavy atom. The van der Waals surface area contributed by atoms with E-state index < -0.39 is 12.0 Å². The smallest absolute Gasteiger partial charge is 0.326 e. The number of hydrogen-bond acceptors (Lipinski definition) is 4. The molecule has 1 unspecified atom stereocenters. The lowest BCUT2D eigenvalue weighted by Crippen LogP contribution is -2.41. The van der Waals surface area contributed by atoms with Crippen LogP contribution in [-0.2, 0) is 19.1 Å². The first-order valence-corrected chi connectivity index (χ1v) is 7.35. The summed E-state index contributed by atoms with van der Waals surface area (Å²) in [4.78, 5) is 22.6. The first kappa shape index (κ1) is 16.9.